The van der Waals surface area contributed by atoms with Crippen LogP contribution in [0.3, 0.4) is 0 Å². The van der Waals surface area contributed by atoms with E-state index in [1.807, 2.05) is 54.6 Å². The van der Waals surface area contributed by atoms with E-state index in [-0.39, 0.29) is 0 Å². The van der Waals surface area contributed by atoms with Crippen LogP contribution < -0.4 is 5.32 Å². The normalized spacial score (nSPS) is 13.4. The molecular weight excluding hydrogens is 262 g/mol. The lowest BCUT2D eigenvalue weighted by Gasteiger charge is -2.26. The molecule has 108 valence electrons. The smallest absolute Gasteiger partial charge is 0.328 e. The third-order valence-electron chi connectivity index (χ3n) is 3.60. The van der Waals surface area contributed by atoms with Gasteiger partial charge < -0.3 is 5.11 Å². The number of carboxylic acid groups (broad SMARTS) is 1. The second-order valence-electron chi connectivity index (χ2n) is 5.04. The van der Waals surface area contributed by atoms with Gasteiger partial charge >= 0.3 is 5.97 Å². The number of aliphatic carboxylic acids is 1. The van der Waals surface area contributed by atoms with Crippen LogP contribution in [0.1, 0.15) is 12.5 Å². The van der Waals surface area contributed by atoms with Crippen molar-refractivity contribution in [3.8, 4) is 11.1 Å². The van der Waals surface area contributed by atoms with E-state index in [0.29, 0.717) is 6.54 Å². The molecule has 3 nitrogen and oxygen atoms in total. The maximum atomic E-state index is 11.6. The predicted octanol–water partition coefficient (Wildman–Crippen LogP) is 3.43. The lowest BCUT2D eigenvalue weighted by atomic mass is 9.90. The van der Waals surface area contributed by atoms with Crippen molar-refractivity contribution >= 4 is 5.97 Å². The Morgan fingerprint density at radius 2 is 1.71 bits per heavy atom. The average molecular weight is 281 g/mol. The van der Waals surface area contributed by atoms with Gasteiger partial charge in [0.05, 0.1) is 0 Å². The number of hydrogen-bond donors (Lipinski definition) is 2. The van der Waals surface area contributed by atoms with Gasteiger partial charge in [0, 0.05) is 6.54 Å². The molecular formula is C18H19NO2. The first-order chi connectivity index (χ1) is 10.1. The highest BCUT2D eigenvalue weighted by molar-refractivity contribution is 5.80. The van der Waals surface area contributed by atoms with Crippen molar-refractivity contribution in [2.75, 3.05) is 6.54 Å². The Kier molecular flexibility index (Phi) is 4.55. The lowest BCUT2D eigenvalue weighted by molar-refractivity contribution is -0.144. The third kappa shape index (κ3) is 3.20. The van der Waals surface area contributed by atoms with Crippen LogP contribution in [-0.2, 0) is 10.3 Å². The monoisotopic (exact) mass is 281 g/mol. The summed E-state index contributed by atoms with van der Waals surface area (Å²) in [5.41, 5.74) is 1.77. The van der Waals surface area contributed by atoms with Gasteiger partial charge in [0.25, 0.3) is 0 Å². The Hall–Kier alpha value is -2.39. The number of hydrogen-bond acceptors (Lipinski definition) is 2. The molecule has 0 aliphatic carbocycles. The van der Waals surface area contributed by atoms with Crippen molar-refractivity contribution in [1.29, 1.82) is 0 Å². The van der Waals surface area contributed by atoms with Crippen molar-refractivity contribution in [3.05, 3.63) is 72.8 Å². The van der Waals surface area contributed by atoms with Crippen molar-refractivity contribution < 1.29 is 9.90 Å². The van der Waals surface area contributed by atoms with Gasteiger partial charge in [-0.15, -0.1) is 6.58 Å². The van der Waals surface area contributed by atoms with Crippen LogP contribution in [0.4, 0.5) is 0 Å². The fraction of sp³-hybridized carbons (Fsp3) is 0.167. The molecule has 2 N–H and O–H groups in total. The molecule has 0 saturated heterocycles. The summed E-state index contributed by atoms with van der Waals surface area (Å²) in [5, 5.41) is 12.5. The van der Waals surface area contributed by atoms with Gasteiger partial charge in [-0.25, -0.2) is 4.79 Å². The van der Waals surface area contributed by atoms with Crippen molar-refractivity contribution in [1.82, 2.24) is 5.32 Å². The zero-order chi connectivity index (χ0) is 15.3. The summed E-state index contributed by atoms with van der Waals surface area (Å²) >= 11 is 0. The molecule has 0 aliphatic heterocycles. The molecule has 0 spiro atoms. The minimum Gasteiger partial charge on any atom is -0.480 e. The molecule has 21 heavy (non-hydrogen) atoms. The summed E-state index contributed by atoms with van der Waals surface area (Å²) in [6.07, 6.45) is 1.65. The largest absolute Gasteiger partial charge is 0.480 e. The molecule has 0 radical (unpaired) electrons. The molecule has 1 unspecified atom stereocenters. The van der Waals surface area contributed by atoms with Crippen molar-refractivity contribution in [3.63, 3.8) is 0 Å². The minimum absolute atomic E-state index is 0.434. The van der Waals surface area contributed by atoms with E-state index >= 15 is 0 Å². The first-order valence-corrected chi connectivity index (χ1v) is 6.83. The van der Waals surface area contributed by atoms with Gasteiger partial charge in [0.1, 0.15) is 5.54 Å². The first kappa shape index (κ1) is 15.0. The van der Waals surface area contributed by atoms with E-state index in [1.54, 1.807) is 13.0 Å². The van der Waals surface area contributed by atoms with Gasteiger partial charge in [0.15, 0.2) is 0 Å². The number of carboxylic acids is 1. The van der Waals surface area contributed by atoms with Crippen molar-refractivity contribution in [2.45, 2.75) is 12.5 Å². The number of benzene rings is 2. The van der Waals surface area contributed by atoms with Crippen LogP contribution >= 0.6 is 0 Å². The third-order valence-corrected chi connectivity index (χ3v) is 3.60. The Labute approximate surface area is 124 Å². The van der Waals surface area contributed by atoms with E-state index in [0.717, 1.165) is 16.7 Å². The molecule has 0 aliphatic rings. The zero-order valence-corrected chi connectivity index (χ0v) is 12.0. The summed E-state index contributed by atoms with van der Waals surface area (Å²) in [4.78, 5) is 11.6. The first-order valence-electron chi connectivity index (χ1n) is 6.83. The van der Waals surface area contributed by atoms with Crippen molar-refractivity contribution in [2.24, 2.45) is 0 Å². The van der Waals surface area contributed by atoms with Gasteiger partial charge in [-0.2, -0.15) is 0 Å². The topological polar surface area (TPSA) is 49.3 Å². The molecule has 2 rings (SSSR count). The molecule has 3 heteroatoms. The highest BCUT2D eigenvalue weighted by Crippen LogP contribution is 2.25. The quantitative estimate of drug-likeness (QED) is 0.798. The molecule has 0 heterocycles. The molecule has 0 aromatic heterocycles. The van der Waals surface area contributed by atoms with E-state index in [2.05, 4.69) is 11.9 Å². The van der Waals surface area contributed by atoms with Gasteiger partial charge in [0.2, 0.25) is 0 Å². The molecule has 0 fully saturated rings. The predicted molar refractivity (Wildman–Crippen MR) is 85.1 cm³/mol. The molecule has 1 atom stereocenters. The van der Waals surface area contributed by atoms with Crippen LogP contribution in [0.15, 0.2) is 67.3 Å². The van der Waals surface area contributed by atoms with E-state index in [4.69, 9.17) is 0 Å². The number of nitrogens with one attached hydrogen (secondary N) is 1. The summed E-state index contributed by atoms with van der Waals surface area (Å²) in [6, 6.07) is 17.6. The molecule has 0 bridgehead atoms. The van der Waals surface area contributed by atoms with Crippen LogP contribution in [0.5, 0.6) is 0 Å². The van der Waals surface area contributed by atoms with E-state index < -0.39 is 11.5 Å². The Balaban J connectivity index is 2.32. The number of carbonyl (C=O) groups is 1. The van der Waals surface area contributed by atoms with E-state index in [1.165, 1.54) is 0 Å². The van der Waals surface area contributed by atoms with Gasteiger partial charge in [-0.05, 0) is 23.6 Å². The summed E-state index contributed by atoms with van der Waals surface area (Å²) in [5.74, 6) is -0.906. The van der Waals surface area contributed by atoms with Gasteiger partial charge in [-0.1, -0.05) is 60.7 Å². The highest BCUT2D eigenvalue weighted by atomic mass is 16.4. The standard InChI is InChI=1S/C18H19NO2/c1-3-13-19-18(2,17(20)21)16-11-9-15(10-12-16)14-7-5-4-6-8-14/h3-12,19H,1,13H2,2H3,(H,20,21). The summed E-state index contributed by atoms with van der Waals surface area (Å²) in [7, 11) is 0. The Morgan fingerprint density at radius 3 is 2.24 bits per heavy atom. The maximum Gasteiger partial charge on any atom is 0.328 e. The molecule has 2 aromatic carbocycles. The van der Waals surface area contributed by atoms with Crippen LogP contribution in [0, 0.1) is 0 Å². The van der Waals surface area contributed by atoms with Crippen LogP contribution in [0.2, 0.25) is 0 Å². The van der Waals surface area contributed by atoms with Crippen LogP contribution in [-0.4, -0.2) is 17.6 Å². The molecule has 0 saturated carbocycles. The van der Waals surface area contributed by atoms with E-state index in [9.17, 15) is 9.90 Å². The second kappa shape index (κ2) is 6.37. The zero-order valence-electron chi connectivity index (χ0n) is 12.0. The Bertz CT molecular complexity index is 619. The summed E-state index contributed by atoms with van der Waals surface area (Å²) in [6.45, 7) is 5.71. The fourth-order valence-electron chi connectivity index (χ4n) is 2.20. The molecule has 0 amide bonds. The maximum absolute atomic E-state index is 11.6. The number of rotatable bonds is 6. The second-order valence-corrected chi connectivity index (χ2v) is 5.04. The SMILES string of the molecule is C=CCNC(C)(C(=O)O)c1ccc(-c2ccccc2)cc1. The van der Waals surface area contributed by atoms with Gasteiger partial charge in [-0.3, -0.25) is 5.32 Å². The lowest BCUT2D eigenvalue weighted by Crippen LogP contribution is -2.46. The fourth-order valence-corrected chi connectivity index (χ4v) is 2.20. The summed E-state index contributed by atoms with van der Waals surface area (Å²) < 4.78 is 0. The minimum atomic E-state index is -1.12. The highest BCUT2D eigenvalue weighted by Gasteiger charge is 2.34. The Morgan fingerprint density at radius 1 is 1.14 bits per heavy atom. The molecule has 2 aromatic rings. The average Bonchev–Trinajstić information content (AvgIpc) is 2.53. The van der Waals surface area contributed by atoms with Crippen LogP contribution in [0.25, 0.3) is 11.1 Å².